The van der Waals surface area contributed by atoms with Crippen LogP contribution < -0.4 is 0 Å². The number of rotatable bonds is 1. The van der Waals surface area contributed by atoms with Crippen LogP contribution in [0.15, 0.2) is 48.1 Å². The quantitative estimate of drug-likeness (QED) is 0.668. The monoisotopic (exact) mass is 343 g/mol. The van der Waals surface area contributed by atoms with Crippen molar-refractivity contribution in [1.82, 2.24) is 4.90 Å². The van der Waals surface area contributed by atoms with E-state index >= 15 is 0 Å². The molecular formula is C24H25NO. The fraction of sp³-hybridized carbons (Fsp3) is 0.375. The minimum Gasteiger partial charge on any atom is -0.336 e. The second-order valence-corrected chi connectivity index (χ2v) is 7.98. The molecule has 2 aliphatic carbocycles. The highest BCUT2D eigenvalue weighted by Gasteiger charge is 2.27. The third kappa shape index (κ3) is 2.43. The predicted molar refractivity (Wildman–Crippen MR) is 107 cm³/mol. The molecule has 1 saturated heterocycles. The zero-order valence-electron chi connectivity index (χ0n) is 15.4. The van der Waals surface area contributed by atoms with Crippen molar-refractivity contribution in [3.63, 3.8) is 0 Å². The van der Waals surface area contributed by atoms with Gasteiger partial charge in [0.1, 0.15) is 0 Å². The number of likely N-dealkylation sites (tertiary alicyclic amines) is 1. The van der Waals surface area contributed by atoms with Crippen LogP contribution in [-0.4, -0.2) is 23.4 Å². The molecular weight excluding hydrogens is 318 g/mol. The molecule has 3 aliphatic rings. The Morgan fingerprint density at radius 2 is 2.00 bits per heavy atom. The Labute approximate surface area is 155 Å². The van der Waals surface area contributed by atoms with Gasteiger partial charge in [0.15, 0.2) is 0 Å². The summed E-state index contributed by atoms with van der Waals surface area (Å²) >= 11 is 0. The summed E-state index contributed by atoms with van der Waals surface area (Å²) in [5, 5.41) is 2.52. The van der Waals surface area contributed by atoms with Crippen LogP contribution in [0.4, 0.5) is 0 Å². The minimum absolute atomic E-state index is 0.197. The highest BCUT2D eigenvalue weighted by atomic mass is 16.2. The molecule has 2 aromatic rings. The van der Waals surface area contributed by atoms with Crippen molar-refractivity contribution in [2.24, 2.45) is 0 Å². The molecule has 2 aromatic carbocycles. The van der Waals surface area contributed by atoms with Gasteiger partial charge >= 0.3 is 0 Å². The topological polar surface area (TPSA) is 20.3 Å². The highest BCUT2D eigenvalue weighted by molar-refractivity contribution is 6.01. The van der Waals surface area contributed by atoms with Crippen LogP contribution >= 0.6 is 0 Å². The Morgan fingerprint density at radius 3 is 2.85 bits per heavy atom. The van der Waals surface area contributed by atoms with E-state index in [4.69, 9.17) is 0 Å². The lowest BCUT2D eigenvalue weighted by Crippen LogP contribution is -2.33. The second-order valence-electron chi connectivity index (χ2n) is 7.98. The fourth-order valence-corrected chi connectivity index (χ4v) is 4.96. The van der Waals surface area contributed by atoms with Gasteiger partial charge in [0.2, 0.25) is 0 Å². The molecule has 5 rings (SSSR count). The maximum atomic E-state index is 13.0. The molecule has 0 aromatic heterocycles. The molecule has 2 heteroatoms. The van der Waals surface area contributed by atoms with Gasteiger partial charge in [0, 0.05) is 18.2 Å². The molecule has 2 nitrogen and oxygen atoms in total. The molecule has 0 spiro atoms. The molecule has 0 N–H and O–H groups in total. The molecule has 1 atom stereocenters. The lowest BCUT2D eigenvalue weighted by atomic mass is 9.79. The van der Waals surface area contributed by atoms with Crippen molar-refractivity contribution >= 4 is 22.3 Å². The van der Waals surface area contributed by atoms with Gasteiger partial charge in [-0.2, -0.15) is 0 Å². The lowest BCUT2D eigenvalue weighted by Gasteiger charge is -2.26. The first-order chi connectivity index (χ1) is 12.7. The Morgan fingerprint density at radius 1 is 1.12 bits per heavy atom. The molecule has 1 aliphatic heterocycles. The summed E-state index contributed by atoms with van der Waals surface area (Å²) in [5.41, 5.74) is 6.70. The summed E-state index contributed by atoms with van der Waals surface area (Å²) in [6.07, 6.45) is 11.5. The summed E-state index contributed by atoms with van der Waals surface area (Å²) in [7, 11) is 0. The fourth-order valence-electron chi connectivity index (χ4n) is 4.96. The smallest absolute Gasteiger partial charge is 0.254 e. The number of nitrogens with zero attached hydrogens (tertiary/aromatic N) is 1. The van der Waals surface area contributed by atoms with Crippen LogP contribution in [0.5, 0.6) is 0 Å². The third-order valence-electron chi connectivity index (χ3n) is 6.44. The maximum Gasteiger partial charge on any atom is 0.254 e. The molecule has 0 unspecified atom stereocenters. The van der Waals surface area contributed by atoms with E-state index in [2.05, 4.69) is 43.3 Å². The normalized spacial score (nSPS) is 21.9. The van der Waals surface area contributed by atoms with E-state index in [1.54, 1.807) is 5.57 Å². The van der Waals surface area contributed by atoms with E-state index in [9.17, 15) is 4.79 Å². The molecule has 1 fully saturated rings. The van der Waals surface area contributed by atoms with Crippen molar-refractivity contribution in [3.8, 4) is 0 Å². The lowest BCUT2D eigenvalue weighted by molar-refractivity contribution is 0.0747. The summed E-state index contributed by atoms with van der Waals surface area (Å²) < 4.78 is 0. The van der Waals surface area contributed by atoms with Gasteiger partial charge in [-0.1, -0.05) is 35.9 Å². The number of allylic oxidation sites excluding steroid dienone is 4. The second kappa shape index (κ2) is 6.12. The van der Waals surface area contributed by atoms with Crippen molar-refractivity contribution < 1.29 is 4.79 Å². The number of carbonyl (C=O) groups is 1. The van der Waals surface area contributed by atoms with Gasteiger partial charge in [0.25, 0.3) is 5.91 Å². The Kier molecular flexibility index (Phi) is 3.74. The van der Waals surface area contributed by atoms with E-state index in [0.29, 0.717) is 6.04 Å². The first-order valence-electron chi connectivity index (χ1n) is 9.98. The van der Waals surface area contributed by atoms with Crippen LogP contribution in [0.2, 0.25) is 0 Å². The Balaban J connectivity index is 1.61. The van der Waals surface area contributed by atoms with E-state index in [-0.39, 0.29) is 5.91 Å². The number of fused-ring (bicyclic) bond motifs is 4. The SMILES string of the molecule is C[C@H]1CCCN1C(=O)c1ccc2ccc3c(c2c1)CCC1=C3C=CCC1. The third-order valence-corrected chi connectivity index (χ3v) is 6.44. The highest BCUT2D eigenvalue weighted by Crippen LogP contribution is 2.40. The molecule has 1 heterocycles. The van der Waals surface area contributed by atoms with Crippen LogP contribution in [0.3, 0.4) is 0 Å². The first kappa shape index (κ1) is 15.9. The number of hydrogen-bond acceptors (Lipinski definition) is 1. The Hall–Kier alpha value is -2.35. The minimum atomic E-state index is 0.197. The van der Waals surface area contributed by atoms with Gasteiger partial charge in [0.05, 0.1) is 0 Å². The van der Waals surface area contributed by atoms with E-state index in [1.165, 1.54) is 40.3 Å². The largest absolute Gasteiger partial charge is 0.336 e. The van der Waals surface area contributed by atoms with E-state index in [0.717, 1.165) is 37.8 Å². The van der Waals surface area contributed by atoms with Crippen LogP contribution in [0.25, 0.3) is 16.3 Å². The van der Waals surface area contributed by atoms with Crippen molar-refractivity contribution in [2.45, 2.75) is 51.5 Å². The van der Waals surface area contributed by atoms with Crippen molar-refractivity contribution in [1.29, 1.82) is 0 Å². The average Bonchev–Trinajstić information content (AvgIpc) is 3.12. The molecule has 0 radical (unpaired) electrons. The number of hydrogen-bond donors (Lipinski definition) is 0. The summed E-state index contributed by atoms with van der Waals surface area (Å²) in [5.74, 6) is 0.197. The van der Waals surface area contributed by atoms with Crippen molar-refractivity contribution in [3.05, 3.63) is 64.7 Å². The Bertz CT molecular complexity index is 966. The molecule has 132 valence electrons. The summed E-state index contributed by atoms with van der Waals surface area (Å²) in [6.45, 7) is 3.06. The standard InChI is InChI=1S/C24H25NO/c1-16-5-4-14-25(16)24(26)19-9-8-18-11-12-21-20-7-3-2-6-17(20)10-13-22(21)23(18)15-19/h3,7-9,11-12,15-16H,2,4-6,10,13-14H2,1H3/t16-/m0/s1. The number of benzene rings is 2. The zero-order chi connectivity index (χ0) is 17.7. The zero-order valence-corrected chi connectivity index (χ0v) is 15.4. The molecule has 1 amide bonds. The summed E-state index contributed by atoms with van der Waals surface area (Å²) in [6, 6.07) is 11.2. The number of amides is 1. The van der Waals surface area contributed by atoms with Crippen molar-refractivity contribution in [2.75, 3.05) is 6.54 Å². The van der Waals surface area contributed by atoms with Gasteiger partial charge in [-0.05, 0) is 85.1 Å². The van der Waals surface area contributed by atoms with E-state index in [1.807, 2.05) is 11.0 Å². The predicted octanol–water partition coefficient (Wildman–Crippen LogP) is 5.51. The van der Waals surface area contributed by atoms with Crippen LogP contribution in [0, 0.1) is 0 Å². The molecule has 0 bridgehead atoms. The number of aryl methyl sites for hydroxylation is 1. The van der Waals surface area contributed by atoms with E-state index < -0.39 is 0 Å². The van der Waals surface area contributed by atoms with Gasteiger partial charge in [-0.15, -0.1) is 0 Å². The maximum absolute atomic E-state index is 13.0. The first-order valence-corrected chi connectivity index (χ1v) is 9.98. The van der Waals surface area contributed by atoms with Crippen LogP contribution in [0.1, 0.15) is 60.5 Å². The van der Waals surface area contributed by atoms with Crippen LogP contribution in [-0.2, 0) is 6.42 Å². The summed E-state index contributed by atoms with van der Waals surface area (Å²) in [4.78, 5) is 15.0. The molecule has 0 saturated carbocycles. The van der Waals surface area contributed by atoms with Gasteiger partial charge in [-0.3, -0.25) is 4.79 Å². The molecule has 26 heavy (non-hydrogen) atoms. The number of carbonyl (C=O) groups excluding carboxylic acids is 1. The average molecular weight is 343 g/mol. The van der Waals surface area contributed by atoms with Gasteiger partial charge < -0.3 is 4.90 Å². The van der Waals surface area contributed by atoms with Gasteiger partial charge in [-0.25, -0.2) is 0 Å².